The Morgan fingerprint density at radius 3 is 2.57 bits per heavy atom. The van der Waals surface area contributed by atoms with E-state index < -0.39 is 21.7 Å². The Labute approximate surface area is 172 Å². The first-order valence-electron chi connectivity index (χ1n) is 9.66. The van der Waals surface area contributed by atoms with E-state index in [1.54, 1.807) is 6.07 Å². The zero-order valence-corrected chi connectivity index (χ0v) is 17.3. The van der Waals surface area contributed by atoms with Crippen LogP contribution in [-0.2, 0) is 21.3 Å². The number of carbonyl (C=O) groups excluding carboxylic acids is 1. The molecular weight excluding hydrogens is 412 g/mol. The van der Waals surface area contributed by atoms with Crippen LogP contribution in [0.25, 0.3) is 5.65 Å². The zero-order valence-electron chi connectivity index (χ0n) is 16.5. The van der Waals surface area contributed by atoms with Crippen LogP contribution in [0.3, 0.4) is 0 Å². The largest absolute Gasteiger partial charge is 0.463 e. The number of rotatable bonds is 5. The molecular formula is C19H22N4O6S. The van der Waals surface area contributed by atoms with E-state index in [1.165, 1.54) is 40.2 Å². The number of fused-ring (bicyclic) bond motifs is 1. The number of esters is 1. The van der Waals surface area contributed by atoms with Crippen molar-refractivity contribution in [3.05, 3.63) is 52.5 Å². The molecule has 30 heavy (non-hydrogen) atoms. The molecule has 1 fully saturated rings. The van der Waals surface area contributed by atoms with Gasteiger partial charge in [0.25, 0.3) is 0 Å². The van der Waals surface area contributed by atoms with Crippen LogP contribution in [0, 0.1) is 0 Å². The Morgan fingerprint density at radius 1 is 1.13 bits per heavy atom. The van der Waals surface area contributed by atoms with Crippen LogP contribution in [0.1, 0.15) is 42.0 Å². The van der Waals surface area contributed by atoms with Gasteiger partial charge in [-0.2, -0.15) is 4.31 Å². The predicted octanol–water partition coefficient (Wildman–Crippen LogP) is 1.49. The molecule has 0 radical (unpaired) electrons. The summed E-state index contributed by atoms with van der Waals surface area (Å²) < 4.78 is 39.8. The number of hydrogen-bond acceptors (Lipinski definition) is 7. The van der Waals surface area contributed by atoms with Gasteiger partial charge in [-0.05, 0) is 37.1 Å². The quantitative estimate of drug-likeness (QED) is 0.559. The summed E-state index contributed by atoms with van der Waals surface area (Å²) in [7, 11) is -2.44. The maximum atomic E-state index is 13.0. The monoisotopic (exact) mass is 434 g/mol. The van der Waals surface area contributed by atoms with Crippen molar-refractivity contribution >= 4 is 21.6 Å². The fraction of sp³-hybridized carbons (Fsp3) is 0.421. The van der Waals surface area contributed by atoms with Gasteiger partial charge in [0.2, 0.25) is 15.8 Å². The van der Waals surface area contributed by atoms with Gasteiger partial charge in [0.1, 0.15) is 12.3 Å². The van der Waals surface area contributed by atoms with Crippen LogP contribution < -0.4 is 5.69 Å². The number of ether oxygens (including phenoxy) is 1. The molecule has 160 valence electrons. The highest BCUT2D eigenvalue weighted by atomic mass is 32.2. The molecule has 0 bridgehead atoms. The molecule has 0 N–H and O–H groups in total. The highest BCUT2D eigenvalue weighted by Crippen LogP contribution is 2.20. The second-order valence-electron chi connectivity index (χ2n) is 7.11. The fourth-order valence-electron chi connectivity index (χ4n) is 3.51. The molecule has 0 unspecified atom stereocenters. The van der Waals surface area contributed by atoms with Gasteiger partial charge < -0.3 is 9.15 Å². The van der Waals surface area contributed by atoms with Crippen LogP contribution in [0.5, 0.6) is 0 Å². The summed E-state index contributed by atoms with van der Waals surface area (Å²) in [6.07, 6.45) is 5.00. The van der Waals surface area contributed by atoms with E-state index in [1.807, 2.05) is 0 Å². The first-order chi connectivity index (χ1) is 14.4. The summed E-state index contributed by atoms with van der Waals surface area (Å²) >= 11 is 0. The minimum absolute atomic E-state index is 0.00822. The molecule has 0 aromatic carbocycles. The van der Waals surface area contributed by atoms with E-state index in [-0.39, 0.29) is 17.2 Å². The molecule has 1 aliphatic rings. The first kappa shape index (κ1) is 20.4. The Kier molecular flexibility index (Phi) is 5.48. The smallest absolute Gasteiger partial charge is 0.373 e. The lowest BCUT2D eigenvalue weighted by Gasteiger charge is -2.19. The van der Waals surface area contributed by atoms with Gasteiger partial charge in [-0.15, -0.1) is 5.10 Å². The summed E-state index contributed by atoms with van der Waals surface area (Å²) in [5.41, 5.74) is -0.191. The van der Waals surface area contributed by atoms with Gasteiger partial charge >= 0.3 is 11.7 Å². The van der Waals surface area contributed by atoms with Crippen molar-refractivity contribution in [1.82, 2.24) is 18.5 Å². The third kappa shape index (κ3) is 3.77. The van der Waals surface area contributed by atoms with Crippen molar-refractivity contribution < 1.29 is 22.4 Å². The van der Waals surface area contributed by atoms with Crippen molar-refractivity contribution in [2.75, 3.05) is 20.2 Å². The third-order valence-electron chi connectivity index (χ3n) is 5.11. The van der Waals surface area contributed by atoms with Gasteiger partial charge in [-0.3, -0.25) is 0 Å². The van der Waals surface area contributed by atoms with E-state index in [0.29, 0.717) is 24.5 Å². The number of furan rings is 1. The molecule has 0 atom stereocenters. The second kappa shape index (κ2) is 8.07. The molecule has 11 heteroatoms. The normalized spacial score (nSPS) is 15.9. The number of hydrogen-bond donors (Lipinski definition) is 0. The molecule has 0 spiro atoms. The number of aromatic nitrogens is 3. The lowest BCUT2D eigenvalue weighted by Crippen LogP contribution is -2.32. The molecule has 4 rings (SSSR count). The second-order valence-corrected chi connectivity index (χ2v) is 9.05. The van der Waals surface area contributed by atoms with Crippen molar-refractivity contribution in [3.63, 3.8) is 0 Å². The van der Waals surface area contributed by atoms with Crippen LogP contribution >= 0.6 is 0 Å². The lowest BCUT2D eigenvalue weighted by molar-refractivity contribution is 0.0562. The summed E-state index contributed by atoms with van der Waals surface area (Å²) in [6.45, 7) is 0.955. The lowest BCUT2D eigenvalue weighted by atomic mass is 10.2. The Bertz CT molecular complexity index is 1230. The van der Waals surface area contributed by atoms with Gasteiger partial charge in [0.05, 0.1) is 12.0 Å². The van der Waals surface area contributed by atoms with Gasteiger partial charge in [0.15, 0.2) is 5.65 Å². The van der Waals surface area contributed by atoms with E-state index in [9.17, 15) is 18.0 Å². The maximum absolute atomic E-state index is 13.0. The summed E-state index contributed by atoms with van der Waals surface area (Å²) in [5, 5.41) is 4.22. The van der Waals surface area contributed by atoms with Gasteiger partial charge in [-0.1, -0.05) is 12.8 Å². The van der Waals surface area contributed by atoms with Crippen molar-refractivity contribution in [3.8, 4) is 0 Å². The third-order valence-corrected chi connectivity index (χ3v) is 6.99. The number of carbonyl (C=O) groups is 1. The van der Waals surface area contributed by atoms with Gasteiger partial charge in [0, 0.05) is 19.3 Å². The molecule has 4 heterocycles. The molecule has 3 aromatic heterocycles. The number of sulfonamides is 1. The summed E-state index contributed by atoms with van der Waals surface area (Å²) in [5.74, 6) is -0.250. The van der Waals surface area contributed by atoms with Crippen LogP contribution in [0.15, 0.2) is 44.6 Å². The zero-order chi connectivity index (χ0) is 21.3. The highest BCUT2D eigenvalue weighted by molar-refractivity contribution is 7.89. The maximum Gasteiger partial charge on any atom is 0.373 e. The summed E-state index contributed by atoms with van der Waals surface area (Å²) in [4.78, 5) is 24.3. The highest BCUT2D eigenvalue weighted by Gasteiger charge is 2.26. The van der Waals surface area contributed by atoms with Crippen LogP contribution in [0.2, 0.25) is 0 Å². The number of pyridine rings is 1. The average Bonchev–Trinajstić information content (AvgIpc) is 3.20. The number of nitrogens with zero attached hydrogens (tertiary/aromatic N) is 4. The molecule has 0 amide bonds. The molecule has 1 aliphatic heterocycles. The fourth-order valence-corrected chi connectivity index (χ4v) is 5.02. The van der Waals surface area contributed by atoms with Crippen molar-refractivity contribution in [1.29, 1.82) is 0 Å². The molecule has 0 saturated carbocycles. The molecule has 3 aromatic rings. The Balaban J connectivity index is 1.64. The van der Waals surface area contributed by atoms with E-state index >= 15 is 0 Å². The van der Waals surface area contributed by atoms with Crippen LogP contribution in [-0.4, -0.2) is 53.1 Å². The minimum Gasteiger partial charge on any atom is -0.463 e. The average molecular weight is 434 g/mol. The molecule has 1 saturated heterocycles. The predicted molar refractivity (Wildman–Crippen MR) is 106 cm³/mol. The Morgan fingerprint density at radius 2 is 1.87 bits per heavy atom. The number of methoxy groups -OCH3 is 1. The standard InChI is InChI=1S/C19H22N4O6S/c1-28-18(24)16-8-6-14(29-16)12-23-19(25)22-13-15(7-9-17(22)20-23)30(26,27)21-10-4-2-3-5-11-21/h6-9,13H,2-5,10-12H2,1H3. The van der Waals surface area contributed by atoms with Crippen molar-refractivity contribution in [2.45, 2.75) is 37.1 Å². The molecule has 10 nitrogen and oxygen atoms in total. The van der Waals surface area contributed by atoms with E-state index in [0.717, 1.165) is 30.4 Å². The SMILES string of the molecule is COC(=O)c1ccc(Cn2nc3ccc(S(=O)(=O)N4CCCCCC4)cn3c2=O)o1. The minimum atomic E-state index is -3.69. The van der Waals surface area contributed by atoms with Crippen LogP contribution in [0.4, 0.5) is 0 Å². The topological polar surface area (TPSA) is 116 Å². The Hall–Kier alpha value is -2.92. The van der Waals surface area contributed by atoms with Crippen molar-refractivity contribution in [2.24, 2.45) is 0 Å². The summed E-state index contributed by atoms with van der Waals surface area (Å²) in [6, 6.07) is 5.98. The first-order valence-corrected chi connectivity index (χ1v) is 11.1. The van der Waals surface area contributed by atoms with E-state index in [4.69, 9.17) is 4.42 Å². The molecule has 0 aliphatic carbocycles. The van der Waals surface area contributed by atoms with E-state index in [2.05, 4.69) is 9.84 Å². The van der Waals surface area contributed by atoms with Gasteiger partial charge in [-0.25, -0.2) is 27.1 Å².